The highest BCUT2D eigenvalue weighted by Crippen LogP contribution is 2.26. The third-order valence-electron chi connectivity index (χ3n) is 4.18. The van der Waals surface area contributed by atoms with Crippen LogP contribution >= 0.6 is 0 Å². The Morgan fingerprint density at radius 2 is 1.93 bits per heavy atom. The minimum absolute atomic E-state index is 0.0959. The number of rotatable bonds is 9. The zero-order valence-electron chi connectivity index (χ0n) is 17.3. The third kappa shape index (κ3) is 5.69. The molecule has 0 unspecified atom stereocenters. The fourth-order valence-corrected chi connectivity index (χ4v) is 4.30. The molecule has 0 bridgehead atoms. The number of amides is 1. The lowest BCUT2D eigenvalue weighted by Gasteiger charge is -2.22. The van der Waals surface area contributed by atoms with Crippen molar-refractivity contribution in [1.29, 1.82) is 5.26 Å². The zero-order valence-corrected chi connectivity index (χ0v) is 18.1. The van der Waals surface area contributed by atoms with Gasteiger partial charge >= 0.3 is 0 Å². The minimum Gasteiger partial charge on any atom is -0.495 e. The van der Waals surface area contributed by atoms with Crippen molar-refractivity contribution in [3.63, 3.8) is 0 Å². The molecule has 0 saturated heterocycles. The van der Waals surface area contributed by atoms with E-state index in [4.69, 9.17) is 10.00 Å². The van der Waals surface area contributed by atoms with Crippen LogP contribution in [-0.4, -0.2) is 38.9 Å². The average Bonchev–Trinajstić information content (AvgIpc) is 2.72. The van der Waals surface area contributed by atoms with E-state index in [2.05, 4.69) is 17.4 Å². The second kappa shape index (κ2) is 10.1. The van der Waals surface area contributed by atoms with Crippen molar-refractivity contribution >= 4 is 15.9 Å². The summed E-state index contributed by atoms with van der Waals surface area (Å²) < 4.78 is 33.1. The molecule has 0 aliphatic heterocycles. The quantitative estimate of drug-likeness (QED) is 0.620. The molecule has 0 aliphatic rings. The highest BCUT2D eigenvalue weighted by Gasteiger charge is 2.24. The number of methoxy groups -OCH3 is 1. The highest BCUT2D eigenvalue weighted by molar-refractivity contribution is 7.89. The Labute approximate surface area is 177 Å². The molecule has 7 nitrogen and oxygen atoms in total. The zero-order chi connectivity index (χ0) is 22.3. The summed E-state index contributed by atoms with van der Waals surface area (Å²) in [6.45, 7) is 7.68. The number of benzene rings is 2. The minimum atomic E-state index is -3.86. The molecule has 1 N–H and O–H groups in total. The van der Waals surface area contributed by atoms with Gasteiger partial charge in [0, 0.05) is 24.7 Å². The molecule has 2 aromatic rings. The lowest BCUT2D eigenvalue weighted by Crippen LogP contribution is -2.32. The number of carbonyl (C=O) groups is 1. The van der Waals surface area contributed by atoms with Gasteiger partial charge in [-0.3, -0.25) is 4.79 Å². The van der Waals surface area contributed by atoms with Gasteiger partial charge < -0.3 is 9.64 Å². The van der Waals surface area contributed by atoms with E-state index in [1.807, 2.05) is 0 Å². The number of carbonyl (C=O) groups excluding carboxylic acids is 1. The van der Waals surface area contributed by atoms with Crippen LogP contribution in [0, 0.1) is 11.3 Å². The maximum absolute atomic E-state index is 13.1. The Bertz CT molecular complexity index is 1050. The Morgan fingerprint density at radius 1 is 1.27 bits per heavy atom. The molecule has 0 saturated carbocycles. The standard InChI is InChI=1S/C22H25N3O4S/c1-5-12-25(15-18-8-6-17(14-23)7-9-18)22(26)19-10-11-20(29-4)21(13-19)30(27,28)24-16(2)3/h5-11,13,16,24H,1,12,15H2,2-4H3. The number of ether oxygens (including phenoxy) is 1. The lowest BCUT2D eigenvalue weighted by molar-refractivity contribution is 0.0762. The number of sulfonamides is 1. The molecular formula is C22H25N3O4S. The van der Waals surface area contributed by atoms with Crippen molar-refractivity contribution in [2.75, 3.05) is 13.7 Å². The molecule has 0 radical (unpaired) electrons. The first kappa shape index (κ1) is 23.1. The van der Waals surface area contributed by atoms with E-state index < -0.39 is 10.0 Å². The molecule has 30 heavy (non-hydrogen) atoms. The van der Waals surface area contributed by atoms with Gasteiger partial charge in [0.1, 0.15) is 10.6 Å². The molecule has 0 aliphatic carbocycles. The molecule has 8 heteroatoms. The monoisotopic (exact) mass is 427 g/mol. The van der Waals surface area contributed by atoms with Crippen LogP contribution in [0.3, 0.4) is 0 Å². The summed E-state index contributed by atoms with van der Waals surface area (Å²) in [5.74, 6) is -0.190. The van der Waals surface area contributed by atoms with Gasteiger partial charge in [0.2, 0.25) is 10.0 Å². The molecule has 158 valence electrons. The topological polar surface area (TPSA) is 99.5 Å². The van der Waals surface area contributed by atoms with E-state index in [-0.39, 0.29) is 41.2 Å². The summed E-state index contributed by atoms with van der Waals surface area (Å²) in [5, 5.41) is 8.93. The van der Waals surface area contributed by atoms with E-state index in [9.17, 15) is 13.2 Å². The highest BCUT2D eigenvalue weighted by atomic mass is 32.2. The predicted molar refractivity (Wildman–Crippen MR) is 115 cm³/mol. The normalized spacial score (nSPS) is 11.0. The Hall–Kier alpha value is -3.15. The second-order valence-corrected chi connectivity index (χ2v) is 8.61. The Kier molecular flexibility index (Phi) is 7.75. The molecular weight excluding hydrogens is 402 g/mol. The predicted octanol–water partition coefficient (Wildman–Crippen LogP) is 3.08. The smallest absolute Gasteiger partial charge is 0.254 e. The summed E-state index contributed by atoms with van der Waals surface area (Å²) >= 11 is 0. The van der Waals surface area contributed by atoms with Crippen LogP contribution < -0.4 is 9.46 Å². The van der Waals surface area contributed by atoms with Gasteiger partial charge in [-0.05, 0) is 49.7 Å². The van der Waals surface area contributed by atoms with Crippen molar-refractivity contribution < 1.29 is 17.9 Å². The van der Waals surface area contributed by atoms with Gasteiger partial charge in [-0.25, -0.2) is 13.1 Å². The fraction of sp³-hybridized carbons (Fsp3) is 0.273. The summed E-state index contributed by atoms with van der Waals surface area (Å²) in [6, 6.07) is 13.0. The Morgan fingerprint density at radius 3 is 2.47 bits per heavy atom. The van der Waals surface area contributed by atoms with E-state index in [0.717, 1.165) is 5.56 Å². The summed E-state index contributed by atoms with van der Waals surface area (Å²) in [7, 11) is -2.48. The molecule has 2 rings (SSSR count). The largest absolute Gasteiger partial charge is 0.495 e. The summed E-state index contributed by atoms with van der Waals surface area (Å²) in [6.07, 6.45) is 1.60. The van der Waals surface area contributed by atoms with Crippen LogP contribution in [0.1, 0.15) is 35.3 Å². The van der Waals surface area contributed by atoms with Crippen molar-refractivity contribution in [2.24, 2.45) is 0 Å². The van der Waals surface area contributed by atoms with Gasteiger partial charge in [0.25, 0.3) is 5.91 Å². The van der Waals surface area contributed by atoms with Gasteiger partial charge in [-0.15, -0.1) is 6.58 Å². The maximum Gasteiger partial charge on any atom is 0.254 e. The molecule has 0 aromatic heterocycles. The SMILES string of the molecule is C=CCN(Cc1ccc(C#N)cc1)C(=O)c1ccc(OC)c(S(=O)(=O)NC(C)C)c1. The number of nitrogens with zero attached hydrogens (tertiary/aromatic N) is 2. The molecule has 0 atom stereocenters. The van der Waals surface area contributed by atoms with E-state index >= 15 is 0 Å². The second-order valence-electron chi connectivity index (χ2n) is 6.92. The van der Waals surface area contributed by atoms with E-state index in [0.29, 0.717) is 5.56 Å². The average molecular weight is 428 g/mol. The number of nitriles is 1. The number of hydrogen-bond donors (Lipinski definition) is 1. The Balaban J connectivity index is 2.39. The van der Waals surface area contributed by atoms with Crippen LogP contribution in [0.15, 0.2) is 60.0 Å². The van der Waals surface area contributed by atoms with Crippen LogP contribution in [0.2, 0.25) is 0 Å². The lowest BCUT2D eigenvalue weighted by atomic mass is 10.1. The van der Waals surface area contributed by atoms with Gasteiger partial charge in [-0.2, -0.15) is 5.26 Å². The number of hydrogen-bond acceptors (Lipinski definition) is 5. The first-order valence-electron chi connectivity index (χ1n) is 9.31. The molecule has 2 aromatic carbocycles. The van der Waals surface area contributed by atoms with E-state index in [1.54, 1.807) is 49.1 Å². The summed E-state index contributed by atoms with van der Waals surface area (Å²) in [4.78, 5) is 14.6. The first-order valence-corrected chi connectivity index (χ1v) is 10.8. The van der Waals surface area contributed by atoms with Crippen molar-refractivity contribution in [3.05, 3.63) is 71.8 Å². The van der Waals surface area contributed by atoms with Crippen LogP contribution in [0.5, 0.6) is 5.75 Å². The number of nitrogens with one attached hydrogen (secondary N) is 1. The molecule has 1 amide bonds. The van der Waals surface area contributed by atoms with Crippen molar-refractivity contribution in [1.82, 2.24) is 9.62 Å². The fourth-order valence-electron chi connectivity index (χ4n) is 2.86. The van der Waals surface area contributed by atoms with Crippen LogP contribution in [-0.2, 0) is 16.6 Å². The maximum atomic E-state index is 13.1. The van der Waals surface area contributed by atoms with Crippen molar-refractivity contribution in [3.8, 4) is 11.8 Å². The van der Waals surface area contributed by atoms with E-state index in [1.165, 1.54) is 25.3 Å². The van der Waals surface area contributed by atoms with Crippen molar-refractivity contribution in [2.45, 2.75) is 31.3 Å². The van der Waals surface area contributed by atoms with Gasteiger partial charge in [-0.1, -0.05) is 18.2 Å². The first-order chi connectivity index (χ1) is 14.2. The van der Waals surface area contributed by atoms with Crippen LogP contribution in [0.25, 0.3) is 0 Å². The van der Waals surface area contributed by atoms with Crippen LogP contribution in [0.4, 0.5) is 0 Å². The third-order valence-corrected chi connectivity index (χ3v) is 5.86. The van der Waals surface area contributed by atoms with Gasteiger partial charge in [0.05, 0.1) is 18.7 Å². The molecule has 0 heterocycles. The summed E-state index contributed by atoms with van der Waals surface area (Å²) in [5.41, 5.74) is 1.59. The van der Waals surface area contributed by atoms with Gasteiger partial charge in [0.15, 0.2) is 0 Å². The molecule has 0 spiro atoms. The molecule has 0 fully saturated rings.